The molecule has 0 unspecified atom stereocenters. The van der Waals surface area contributed by atoms with E-state index >= 15 is 0 Å². The maximum atomic E-state index is 12.4. The van der Waals surface area contributed by atoms with E-state index in [1.54, 1.807) is 42.5 Å². The molecule has 24 heavy (non-hydrogen) atoms. The van der Waals surface area contributed by atoms with Crippen LogP contribution in [0.1, 0.15) is 28.4 Å². The van der Waals surface area contributed by atoms with E-state index in [0.717, 1.165) is 0 Å². The summed E-state index contributed by atoms with van der Waals surface area (Å²) in [6, 6.07) is 10.9. The molecule has 0 aromatic heterocycles. The van der Waals surface area contributed by atoms with Gasteiger partial charge in [-0.3, -0.25) is 9.59 Å². The lowest BCUT2D eigenvalue weighted by Crippen LogP contribution is -2.30. The summed E-state index contributed by atoms with van der Waals surface area (Å²) in [5.74, 6) is -0.781. The molecule has 1 amide bonds. The van der Waals surface area contributed by atoms with Crippen LogP contribution in [0.25, 0.3) is 0 Å². The van der Waals surface area contributed by atoms with Crippen molar-refractivity contribution in [3.05, 3.63) is 63.1 Å². The van der Waals surface area contributed by atoms with Gasteiger partial charge in [0.05, 0.1) is 24.0 Å². The van der Waals surface area contributed by atoms with Crippen molar-refractivity contribution >= 4 is 39.4 Å². The van der Waals surface area contributed by atoms with Gasteiger partial charge in [-0.25, -0.2) is 0 Å². The van der Waals surface area contributed by atoms with Gasteiger partial charge in [-0.1, -0.05) is 23.7 Å². The van der Waals surface area contributed by atoms with E-state index in [-0.39, 0.29) is 12.3 Å². The maximum Gasteiger partial charge on any atom is 0.305 e. The first kappa shape index (κ1) is 18.3. The van der Waals surface area contributed by atoms with Gasteiger partial charge in [0.1, 0.15) is 5.75 Å². The van der Waals surface area contributed by atoms with E-state index in [0.29, 0.717) is 26.4 Å². The number of hydrogen-bond donors (Lipinski definition) is 2. The monoisotopic (exact) mass is 411 g/mol. The molecule has 126 valence electrons. The van der Waals surface area contributed by atoms with Crippen LogP contribution in [0.4, 0.5) is 0 Å². The average Bonchev–Trinajstić information content (AvgIpc) is 2.54. The third-order valence-corrected chi connectivity index (χ3v) is 4.24. The Labute approximate surface area is 152 Å². The van der Waals surface area contributed by atoms with Gasteiger partial charge in [-0.05, 0) is 51.8 Å². The number of carbonyl (C=O) groups excluding carboxylic acids is 1. The van der Waals surface area contributed by atoms with Crippen molar-refractivity contribution in [2.75, 3.05) is 7.11 Å². The highest BCUT2D eigenvalue weighted by molar-refractivity contribution is 9.10. The molecule has 2 aromatic rings. The Kier molecular flexibility index (Phi) is 6.23. The second-order valence-electron chi connectivity index (χ2n) is 5.02. The smallest absolute Gasteiger partial charge is 0.305 e. The molecular weight excluding hydrogens is 398 g/mol. The molecular formula is C17H15BrClNO4. The van der Waals surface area contributed by atoms with Crippen LogP contribution in [-0.4, -0.2) is 24.1 Å². The normalized spacial score (nSPS) is 11.6. The number of aliphatic carboxylic acids is 1. The SMILES string of the molecule is COc1ccc(C(=O)N[C@H](CC(=O)O)c2ccc(Cl)cc2)cc1Br. The fraction of sp³-hybridized carbons (Fsp3) is 0.176. The third kappa shape index (κ3) is 4.72. The van der Waals surface area contributed by atoms with Crippen LogP contribution in [0.15, 0.2) is 46.9 Å². The Hall–Kier alpha value is -2.05. The maximum absolute atomic E-state index is 12.4. The number of benzene rings is 2. The minimum absolute atomic E-state index is 0.231. The minimum atomic E-state index is -1.01. The predicted octanol–water partition coefficient (Wildman–Crippen LogP) is 4.06. The quantitative estimate of drug-likeness (QED) is 0.750. The van der Waals surface area contributed by atoms with Gasteiger partial charge in [0, 0.05) is 10.6 Å². The molecule has 0 fully saturated rings. The zero-order valence-electron chi connectivity index (χ0n) is 12.8. The van der Waals surface area contributed by atoms with Crippen molar-refractivity contribution in [1.29, 1.82) is 0 Å². The fourth-order valence-corrected chi connectivity index (χ4v) is 2.84. The molecule has 1 atom stereocenters. The van der Waals surface area contributed by atoms with Crippen LogP contribution >= 0.6 is 27.5 Å². The Bertz CT molecular complexity index is 749. The lowest BCUT2D eigenvalue weighted by molar-refractivity contribution is -0.137. The number of amides is 1. The van der Waals surface area contributed by atoms with Crippen LogP contribution < -0.4 is 10.1 Å². The van der Waals surface area contributed by atoms with Gasteiger partial charge in [0.25, 0.3) is 5.91 Å². The van der Waals surface area contributed by atoms with E-state index in [1.807, 2.05) is 0 Å². The van der Waals surface area contributed by atoms with Crippen LogP contribution in [0.5, 0.6) is 5.75 Å². The van der Waals surface area contributed by atoms with E-state index in [4.69, 9.17) is 21.4 Å². The summed E-state index contributed by atoms with van der Waals surface area (Å²) in [7, 11) is 1.53. The summed E-state index contributed by atoms with van der Waals surface area (Å²) >= 11 is 9.17. The van der Waals surface area contributed by atoms with Crippen molar-refractivity contribution < 1.29 is 19.4 Å². The first-order valence-electron chi connectivity index (χ1n) is 7.02. The second-order valence-corrected chi connectivity index (χ2v) is 6.32. The molecule has 0 heterocycles. The molecule has 5 nitrogen and oxygen atoms in total. The molecule has 0 radical (unpaired) electrons. The Morgan fingerprint density at radius 3 is 2.46 bits per heavy atom. The molecule has 0 saturated carbocycles. The van der Waals surface area contributed by atoms with Crippen molar-refractivity contribution in [1.82, 2.24) is 5.32 Å². The zero-order chi connectivity index (χ0) is 17.7. The highest BCUT2D eigenvalue weighted by Crippen LogP contribution is 2.26. The van der Waals surface area contributed by atoms with Gasteiger partial charge < -0.3 is 15.2 Å². The number of nitrogens with one attached hydrogen (secondary N) is 1. The van der Waals surface area contributed by atoms with Crippen molar-refractivity contribution in [2.24, 2.45) is 0 Å². The van der Waals surface area contributed by atoms with Crippen LogP contribution in [0.3, 0.4) is 0 Å². The summed E-state index contributed by atoms with van der Waals surface area (Å²) in [6.45, 7) is 0. The molecule has 0 spiro atoms. The third-order valence-electron chi connectivity index (χ3n) is 3.37. The largest absolute Gasteiger partial charge is 0.496 e. The van der Waals surface area contributed by atoms with Crippen LogP contribution in [0.2, 0.25) is 5.02 Å². The molecule has 0 saturated heterocycles. The Morgan fingerprint density at radius 2 is 1.92 bits per heavy atom. The van der Waals surface area contributed by atoms with Gasteiger partial charge in [-0.15, -0.1) is 0 Å². The van der Waals surface area contributed by atoms with Crippen LogP contribution in [0, 0.1) is 0 Å². The molecule has 7 heteroatoms. The molecule has 0 aliphatic rings. The summed E-state index contributed by atoms with van der Waals surface area (Å²) in [5.41, 5.74) is 1.06. The number of rotatable bonds is 6. The van der Waals surface area contributed by atoms with E-state index in [1.165, 1.54) is 7.11 Å². The average molecular weight is 413 g/mol. The number of carboxylic acids is 1. The van der Waals surface area contributed by atoms with Crippen molar-refractivity contribution in [3.63, 3.8) is 0 Å². The lowest BCUT2D eigenvalue weighted by Gasteiger charge is -2.18. The predicted molar refractivity (Wildman–Crippen MR) is 94.6 cm³/mol. The number of carboxylic acid groups (broad SMARTS) is 1. The summed E-state index contributed by atoms with van der Waals surface area (Å²) in [6.07, 6.45) is -0.231. The fourth-order valence-electron chi connectivity index (χ4n) is 2.17. The number of carbonyl (C=O) groups is 2. The highest BCUT2D eigenvalue weighted by atomic mass is 79.9. The zero-order valence-corrected chi connectivity index (χ0v) is 15.1. The number of methoxy groups -OCH3 is 1. The standard InChI is InChI=1S/C17H15BrClNO4/c1-24-15-7-4-11(8-13(15)18)17(23)20-14(9-16(21)22)10-2-5-12(19)6-3-10/h2-8,14H,9H2,1H3,(H,20,23)(H,21,22)/t14-/m1/s1. The van der Waals surface area contributed by atoms with Gasteiger partial charge in [0.15, 0.2) is 0 Å². The molecule has 2 rings (SSSR count). The van der Waals surface area contributed by atoms with E-state index < -0.39 is 12.0 Å². The van der Waals surface area contributed by atoms with Gasteiger partial charge in [0.2, 0.25) is 0 Å². The van der Waals surface area contributed by atoms with Crippen molar-refractivity contribution in [3.8, 4) is 5.75 Å². The molecule has 0 aliphatic heterocycles. The number of halogens is 2. The number of hydrogen-bond acceptors (Lipinski definition) is 3. The first-order chi connectivity index (χ1) is 11.4. The second kappa shape index (κ2) is 8.17. The van der Waals surface area contributed by atoms with Crippen molar-refractivity contribution in [2.45, 2.75) is 12.5 Å². The van der Waals surface area contributed by atoms with Gasteiger partial charge >= 0.3 is 5.97 Å². The molecule has 0 aliphatic carbocycles. The molecule has 2 N–H and O–H groups in total. The minimum Gasteiger partial charge on any atom is -0.496 e. The summed E-state index contributed by atoms with van der Waals surface area (Å²) in [5, 5.41) is 12.4. The van der Waals surface area contributed by atoms with Crippen LogP contribution in [-0.2, 0) is 4.79 Å². The first-order valence-corrected chi connectivity index (χ1v) is 8.19. The van der Waals surface area contributed by atoms with E-state index in [9.17, 15) is 9.59 Å². The molecule has 2 aromatic carbocycles. The topological polar surface area (TPSA) is 75.6 Å². The Morgan fingerprint density at radius 1 is 1.25 bits per heavy atom. The summed E-state index contributed by atoms with van der Waals surface area (Å²) < 4.78 is 5.76. The van der Waals surface area contributed by atoms with E-state index in [2.05, 4.69) is 21.2 Å². The number of ether oxygens (including phenoxy) is 1. The lowest BCUT2D eigenvalue weighted by atomic mass is 10.0. The summed E-state index contributed by atoms with van der Waals surface area (Å²) in [4.78, 5) is 23.5. The van der Waals surface area contributed by atoms with Gasteiger partial charge in [-0.2, -0.15) is 0 Å². The Balaban J connectivity index is 2.22. The molecule has 0 bridgehead atoms. The highest BCUT2D eigenvalue weighted by Gasteiger charge is 2.19.